The van der Waals surface area contributed by atoms with Gasteiger partial charge in [-0.3, -0.25) is 0 Å². The summed E-state index contributed by atoms with van der Waals surface area (Å²) in [4.78, 5) is 3.43. The van der Waals surface area contributed by atoms with Crippen molar-refractivity contribution in [2.24, 2.45) is 0 Å². The van der Waals surface area contributed by atoms with Gasteiger partial charge in [-0.2, -0.15) is 0 Å². The molecule has 0 aliphatic heterocycles. The van der Waals surface area contributed by atoms with Gasteiger partial charge in [-0.05, 0) is 6.26 Å². The van der Waals surface area contributed by atoms with Crippen LogP contribution in [0, 0.1) is 6.39 Å². The van der Waals surface area contributed by atoms with Crippen molar-refractivity contribution in [2.75, 3.05) is 0 Å². The first-order valence-corrected chi connectivity index (χ1v) is 1.25. The third-order valence-corrected chi connectivity index (χ3v) is 0.309. The molecule has 0 atom stereocenters. The quantitative estimate of drug-likeness (QED) is 0.251. The van der Waals surface area contributed by atoms with Gasteiger partial charge in [-0.25, -0.2) is 0 Å². The summed E-state index contributed by atoms with van der Waals surface area (Å²) in [6.07, 6.45) is 5.22. The van der Waals surface area contributed by atoms with E-state index in [-0.39, 0.29) is 18.9 Å². The Morgan fingerprint density at radius 1 is 1.67 bits per heavy atom. The third kappa shape index (κ3) is 1.30. The number of aromatic nitrogens is 1. The summed E-state index contributed by atoms with van der Waals surface area (Å²) in [6.45, 7) is 0. The van der Waals surface area contributed by atoms with E-state index in [1.807, 2.05) is 0 Å². The van der Waals surface area contributed by atoms with Crippen LogP contribution in [0.15, 0.2) is 16.9 Å². The largest absolute Gasteiger partial charge is 1.00 e. The van der Waals surface area contributed by atoms with Gasteiger partial charge in [0.05, 0.1) is 0 Å². The van der Waals surface area contributed by atoms with Crippen LogP contribution in [-0.2, 0) is 0 Å². The summed E-state index contributed by atoms with van der Waals surface area (Å²) in [5.41, 5.74) is 0. The van der Waals surface area contributed by atoms with Crippen molar-refractivity contribution in [3.05, 3.63) is 18.9 Å². The maximum absolute atomic E-state index is 4.35. The van der Waals surface area contributed by atoms with E-state index in [2.05, 4.69) is 15.8 Å². The number of rotatable bonds is 0. The van der Waals surface area contributed by atoms with Crippen LogP contribution in [0.5, 0.6) is 0 Å². The number of oxazole rings is 1. The van der Waals surface area contributed by atoms with Crippen LogP contribution in [0.3, 0.4) is 0 Å². The topological polar surface area (TPSA) is 26.0 Å². The minimum atomic E-state index is 0. The van der Waals surface area contributed by atoms with Crippen LogP contribution in [0.1, 0.15) is 0 Å². The maximum Gasteiger partial charge on any atom is 1.00 e. The molecular formula is C3H2LiNO. The zero-order valence-corrected chi connectivity index (χ0v) is 3.51. The second-order valence-electron chi connectivity index (χ2n) is 0.623. The van der Waals surface area contributed by atoms with Gasteiger partial charge < -0.3 is 9.40 Å². The van der Waals surface area contributed by atoms with Gasteiger partial charge >= 0.3 is 18.9 Å². The SMILES string of the molecule is [Li+].[c-]1ncco1. The van der Waals surface area contributed by atoms with Crippen molar-refractivity contribution < 1.29 is 23.3 Å². The molecule has 0 radical (unpaired) electrons. The molecule has 0 aliphatic rings. The van der Waals surface area contributed by atoms with E-state index < -0.39 is 0 Å². The van der Waals surface area contributed by atoms with Gasteiger partial charge in [-0.1, -0.05) is 6.20 Å². The second kappa shape index (κ2) is 3.02. The minimum Gasteiger partial charge on any atom is -0.581 e. The molecule has 0 N–H and O–H groups in total. The summed E-state index contributed by atoms with van der Waals surface area (Å²) in [5.74, 6) is 0. The van der Waals surface area contributed by atoms with Crippen LogP contribution in [0.25, 0.3) is 0 Å². The molecule has 0 saturated heterocycles. The summed E-state index contributed by atoms with van der Waals surface area (Å²) in [6, 6.07) is 0. The average Bonchev–Trinajstić information content (AvgIpc) is 1.76. The van der Waals surface area contributed by atoms with Crippen molar-refractivity contribution in [3.8, 4) is 0 Å². The van der Waals surface area contributed by atoms with Gasteiger partial charge in [-0.15, -0.1) is 0 Å². The van der Waals surface area contributed by atoms with Crippen LogP contribution < -0.4 is 18.9 Å². The molecule has 0 amide bonds. The predicted octanol–water partition coefficient (Wildman–Crippen LogP) is -2.52. The molecule has 0 bridgehead atoms. The third-order valence-electron chi connectivity index (χ3n) is 0.309. The van der Waals surface area contributed by atoms with E-state index in [9.17, 15) is 0 Å². The Labute approximate surface area is 47.7 Å². The van der Waals surface area contributed by atoms with Crippen molar-refractivity contribution in [1.82, 2.24) is 4.98 Å². The molecule has 0 spiro atoms. The second-order valence-corrected chi connectivity index (χ2v) is 0.623. The van der Waals surface area contributed by atoms with Gasteiger partial charge in [0.25, 0.3) is 0 Å². The molecule has 0 aliphatic carbocycles. The Bertz CT molecular complexity index is 67.3. The van der Waals surface area contributed by atoms with Crippen LogP contribution in [0.4, 0.5) is 0 Å². The van der Waals surface area contributed by atoms with E-state index in [1.54, 1.807) is 0 Å². The van der Waals surface area contributed by atoms with Crippen LogP contribution in [0.2, 0.25) is 0 Å². The maximum atomic E-state index is 4.35. The first-order chi connectivity index (χ1) is 2.50. The van der Waals surface area contributed by atoms with Gasteiger partial charge in [0.1, 0.15) is 6.39 Å². The molecule has 6 heavy (non-hydrogen) atoms. The Hall–Kier alpha value is -0.193. The monoisotopic (exact) mass is 75.0 g/mol. The first-order valence-electron chi connectivity index (χ1n) is 1.25. The molecule has 1 aromatic heterocycles. The molecule has 0 aromatic carbocycles. The molecule has 0 saturated carbocycles. The van der Waals surface area contributed by atoms with Gasteiger partial charge in [0.2, 0.25) is 0 Å². The molecule has 1 heterocycles. The molecule has 0 unspecified atom stereocenters. The Kier molecular flexibility index (Phi) is 2.92. The standard InChI is InChI=1S/C3H2NO.Li/c1-2-5-3-4-1;/h1-2H;/q-1;+1. The fraction of sp³-hybridized carbons (Fsp3) is 0. The first kappa shape index (κ1) is 5.81. The molecule has 1 aromatic rings. The van der Waals surface area contributed by atoms with Crippen LogP contribution >= 0.6 is 0 Å². The van der Waals surface area contributed by atoms with Crippen molar-refractivity contribution in [3.63, 3.8) is 0 Å². The van der Waals surface area contributed by atoms with E-state index in [0.29, 0.717) is 0 Å². The Balaban J connectivity index is 0.000000250. The average molecular weight is 75.0 g/mol. The fourth-order valence-corrected chi connectivity index (χ4v) is 0.152. The van der Waals surface area contributed by atoms with Gasteiger partial charge in [0, 0.05) is 0 Å². The van der Waals surface area contributed by atoms with Crippen molar-refractivity contribution >= 4 is 0 Å². The summed E-state index contributed by atoms with van der Waals surface area (Å²) in [7, 11) is 0. The van der Waals surface area contributed by atoms with E-state index in [1.165, 1.54) is 12.5 Å². The van der Waals surface area contributed by atoms with Crippen molar-refractivity contribution in [2.45, 2.75) is 0 Å². The summed E-state index contributed by atoms with van der Waals surface area (Å²) < 4.78 is 4.35. The molecule has 2 nitrogen and oxygen atoms in total. The van der Waals surface area contributed by atoms with E-state index in [4.69, 9.17) is 0 Å². The molecule has 0 fully saturated rings. The number of hydrogen-bond donors (Lipinski definition) is 0. The van der Waals surface area contributed by atoms with Crippen molar-refractivity contribution in [1.29, 1.82) is 0 Å². The summed E-state index contributed by atoms with van der Waals surface area (Å²) in [5, 5.41) is 0. The molecular weight excluding hydrogens is 73.0 g/mol. The normalized spacial score (nSPS) is 6.67. The Morgan fingerprint density at radius 2 is 2.50 bits per heavy atom. The Morgan fingerprint density at radius 3 is 2.67 bits per heavy atom. The fourth-order valence-electron chi connectivity index (χ4n) is 0.152. The number of nitrogens with zero attached hydrogens (tertiary/aromatic N) is 1. The summed E-state index contributed by atoms with van der Waals surface area (Å²) >= 11 is 0. The predicted molar refractivity (Wildman–Crippen MR) is 15.3 cm³/mol. The van der Waals surface area contributed by atoms with Gasteiger partial charge in [0.15, 0.2) is 0 Å². The smallest absolute Gasteiger partial charge is 0.581 e. The van der Waals surface area contributed by atoms with E-state index >= 15 is 0 Å². The zero-order valence-electron chi connectivity index (χ0n) is 3.51. The molecule has 3 heteroatoms. The number of hydrogen-bond acceptors (Lipinski definition) is 2. The molecule has 26 valence electrons. The zero-order chi connectivity index (χ0) is 3.54. The van der Waals surface area contributed by atoms with E-state index in [0.717, 1.165) is 0 Å². The molecule has 1 rings (SSSR count). The minimum absolute atomic E-state index is 0. The van der Waals surface area contributed by atoms with Crippen LogP contribution in [-0.4, -0.2) is 4.98 Å².